The van der Waals surface area contributed by atoms with Crippen LogP contribution in [0.4, 0.5) is 0 Å². The summed E-state index contributed by atoms with van der Waals surface area (Å²) in [4.78, 5) is 5.51. The van der Waals surface area contributed by atoms with Crippen molar-refractivity contribution in [3.8, 4) is 0 Å². The van der Waals surface area contributed by atoms with Crippen molar-refractivity contribution in [1.29, 1.82) is 0 Å². The lowest BCUT2D eigenvalue weighted by atomic mass is 10.2. The van der Waals surface area contributed by atoms with Crippen LogP contribution in [0.2, 0.25) is 0 Å². The van der Waals surface area contributed by atoms with Gasteiger partial charge in [0.1, 0.15) is 0 Å². The Morgan fingerprint density at radius 2 is 2.40 bits per heavy atom. The van der Waals surface area contributed by atoms with Crippen LogP contribution in [0, 0.1) is 6.92 Å². The van der Waals surface area contributed by atoms with Crippen LogP contribution >= 0.6 is 11.3 Å². The first-order valence-corrected chi connectivity index (χ1v) is 5.85. The van der Waals surface area contributed by atoms with Gasteiger partial charge in [-0.1, -0.05) is 0 Å². The van der Waals surface area contributed by atoms with Crippen LogP contribution in [0.15, 0.2) is 24.0 Å². The molecule has 15 heavy (non-hydrogen) atoms. The quantitative estimate of drug-likeness (QED) is 0.864. The summed E-state index contributed by atoms with van der Waals surface area (Å²) >= 11 is 1.78. The van der Waals surface area contributed by atoms with Crippen molar-refractivity contribution in [1.82, 2.24) is 9.55 Å². The topological polar surface area (TPSA) is 43.8 Å². The summed E-state index contributed by atoms with van der Waals surface area (Å²) in [6.45, 7) is 4.99. The monoisotopic (exact) mass is 221 g/mol. The number of rotatable bonds is 3. The zero-order chi connectivity index (χ0) is 10.8. The highest BCUT2D eigenvalue weighted by molar-refractivity contribution is 7.10. The molecule has 0 aliphatic carbocycles. The van der Waals surface area contributed by atoms with E-state index >= 15 is 0 Å². The van der Waals surface area contributed by atoms with Crippen molar-refractivity contribution in [3.05, 3.63) is 40.1 Å². The van der Waals surface area contributed by atoms with Crippen LogP contribution in [0.3, 0.4) is 0 Å². The number of imidazole rings is 1. The van der Waals surface area contributed by atoms with E-state index < -0.39 is 0 Å². The lowest BCUT2D eigenvalue weighted by Gasteiger charge is -2.10. The minimum absolute atomic E-state index is 0.0350. The number of nitrogens with two attached hydrogens (primary N) is 1. The molecule has 4 heteroatoms. The molecule has 0 amide bonds. The van der Waals surface area contributed by atoms with Crippen molar-refractivity contribution < 1.29 is 0 Å². The van der Waals surface area contributed by atoms with Gasteiger partial charge < -0.3 is 10.3 Å². The fourth-order valence-corrected chi connectivity index (χ4v) is 2.47. The Bertz CT molecular complexity index is 442. The largest absolute Gasteiger partial charge is 0.328 e. The van der Waals surface area contributed by atoms with E-state index in [-0.39, 0.29) is 6.04 Å². The van der Waals surface area contributed by atoms with Gasteiger partial charge in [-0.2, -0.15) is 0 Å². The number of thiophene rings is 1. The molecule has 0 bridgehead atoms. The molecule has 0 saturated carbocycles. The minimum Gasteiger partial charge on any atom is -0.328 e. The molecule has 1 atom stereocenters. The fraction of sp³-hybridized carbons (Fsp3) is 0.364. The number of aromatic nitrogens is 2. The summed E-state index contributed by atoms with van der Waals surface area (Å²) in [7, 11) is 0. The van der Waals surface area contributed by atoms with E-state index in [1.807, 2.05) is 19.4 Å². The SMILES string of the molecule is Cc1ccsc1Cn1cncc1[C@H](C)N. The summed E-state index contributed by atoms with van der Waals surface area (Å²) in [5, 5.41) is 2.12. The summed E-state index contributed by atoms with van der Waals surface area (Å²) in [6, 6.07) is 2.18. The Labute approximate surface area is 93.6 Å². The molecule has 0 saturated heterocycles. The third kappa shape index (κ3) is 2.11. The van der Waals surface area contributed by atoms with Gasteiger partial charge in [0.15, 0.2) is 0 Å². The van der Waals surface area contributed by atoms with Gasteiger partial charge in [-0.25, -0.2) is 4.98 Å². The first-order valence-electron chi connectivity index (χ1n) is 4.97. The maximum atomic E-state index is 5.87. The fourth-order valence-electron chi connectivity index (χ4n) is 1.56. The van der Waals surface area contributed by atoms with E-state index in [1.54, 1.807) is 11.3 Å². The van der Waals surface area contributed by atoms with E-state index in [0.29, 0.717) is 0 Å². The van der Waals surface area contributed by atoms with E-state index in [9.17, 15) is 0 Å². The second-order valence-electron chi connectivity index (χ2n) is 3.76. The zero-order valence-electron chi connectivity index (χ0n) is 8.97. The Morgan fingerprint density at radius 1 is 1.60 bits per heavy atom. The molecule has 0 spiro atoms. The Hall–Kier alpha value is -1.13. The van der Waals surface area contributed by atoms with E-state index in [2.05, 4.69) is 27.9 Å². The molecule has 80 valence electrons. The lowest BCUT2D eigenvalue weighted by molar-refractivity contribution is 0.678. The number of nitrogens with zero attached hydrogens (tertiary/aromatic N) is 2. The van der Waals surface area contributed by atoms with Gasteiger partial charge in [0.2, 0.25) is 0 Å². The minimum atomic E-state index is 0.0350. The maximum Gasteiger partial charge on any atom is 0.0952 e. The van der Waals surface area contributed by atoms with Crippen molar-refractivity contribution in [3.63, 3.8) is 0 Å². The molecule has 0 fully saturated rings. The molecule has 2 rings (SSSR count). The number of aryl methyl sites for hydroxylation is 1. The van der Waals surface area contributed by atoms with Crippen LogP contribution in [-0.4, -0.2) is 9.55 Å². The highest BCUT2D eigenvalue weighted by Crippen LogP contribution is 2.19. The predicted molar refractivity (Wildman–Crippen MR) is 63.0 cm³/mol. The molecule has 2 N–H and O–H groups in total. The number of hydrogen-bond donors (Lipinski definition) is 1. The molecule has 0 aromatic carbocycles. The predicted octanol–water partition coefficient (Wildman–Crippen LogP) is 2.32. The van der Waals surface area contributed by atoms with Gasteiger partial charge in [-0.15, -0.1) is 11.3 Å². The third-order valence-electron chi connectivity index (χ3n) is 2.49. The molecule has 0 aliphatic heterocycles. The summed E-state index contributed by atoms with van der Waals surface area (Å²) in [5.41, 5.74) is 8.29. The molecule has 2 heterocycles. The van der Waals surface area contributed by atoms with Crippen molar-refractivity contribution in [2.75, 3.05) is 0 Å². The van der Waals surface area contributed by atoms with E-state index in [0.717, 1.165) is 12.2 Å². The summed E-state index contributed by atoms with van der Waals surface area (Å²) < 4.78 is 2.11. The second kappa shape index (κ2) is 4.16. The highest BCUT2D eigenvalue weighted by atomic mass is 32.1. The Balaban J connectivity index is 2.25. The average molecular weight is 221 g/mol. The zero-order valence-corrected chi connectivity index (χ0v) is 9.79. The molecule has 0 radical (unpaired) electrons. The van der Waals surface area contributed by atoms with Crippen LogP contribution < -0.4 is 5.73 Å². The smallest absolute Gasteiger partial charge is 0.0952 e. The normalized spacial score (nSPS) is 13.0. The lowest BCUT2D eigenvalue weighted by Crippen LogP contribution is -2.12. The Kier molecular flexibility index (Phi) is 2.88. The van der Waals surface area contributed by atoms with Crippen LogP contribution in [0.1, 0.15) is 29.1 Å². The van der Waals surface area contributed by atoms with E-state index in [1.165, 1.54) is 10.4 Å². The van der Waals surface area contributed by atoms with Gasteiger partial charge in [0, 0.05) is 17.1 Å². The van der Waals surface area contributed by atoms with Crippen LogP contribution in [-0.2, 0) is 6.54 Å². The van der Waals surface area contributed by atoms with Gasteiger partial charge in [-0.3, -0.25) is 0 Å². The van der Waals surface area contributed by atoms with Gasteiger partial charge in [0.25, 0.3) is 0 Å². The van der Waals surface area contributed by atoms with Crippen molar-refractivity contribution >= 4 is 11.3 Å². The molecule has 0 unspecified atom stereocenters. The van der Waals surface area contributed by atoms with E-state index in [4.69, 9.17) is 5.73 Å². The van der Waals surface area contributed by atoms with Crippen molar-refractivity contribution in [2.24, 2.45) is 5.73 Å². The van der Waals surface area contributed by atoms with Gasteiger partial charge in [-0.05, 0) is 30.9 Å². The van der Waals surface area contributed by atoms with Crippen LogP contribution in [0.25, 0.3) is 0 Å². The van der Waals surface area contributed by atoms with Crippen LogP contribution in [0.5, 0.6) is 0 Å². The molecular weight excluding hydrogens is 206 g/mol. The standard InChI is InChI=1S/C11H15N3S/c1-8-3-4-15-11(8)6-14-7-13-5-10(14)9(2)12/h3-5,7,9H,6,12H2,1-2H3/t9-/m0/s1. The highest BCUT2D eigenvalue weighted by Gasteiger charge is 2.08. The first kappa shape index (κ1) is 10.4. The summed E-state index contributed by atoms with van der Waals surface area (Å²) in [5.74, 6) is 0. The molecular formula is C11H15N3S. The summed E-state index contributed by atoms with van der Waals surface area (Å²) in [6.07, 6.45) is 3.69. The molecule has 0 aliphatic rings. The molecule has 2 aromatic heterocycles. The number of hydrogen-bond acceptors (Lipinski definition) is 3. The van der Waals surface area contributed by atoms with Gasteiger partial charge in [0.05, 0.1) is 18.6 Å². The molecule has 2 aromatic rings. The third-order valence-corrected chi connectivity index (χ3v) is 3.50. The first-order chi connectivity index (χ1) is 7.18. The maximum absolute atomic E-state index is 5.87. The second-order valence-corrected chi connectivity index (χ2v) is 4.76. The average Bonchev–Trinajstić information content (AvgIpc) is 2.77. The van der Waals surface area contributed by atoms with Gasteiger partial charge >= 0.3 is 0 Å². The molecule has 3 nitrogen and oxygen atoms in total. The Morgan fingerprint density at radius 3 is 3.00 bits per heavy atom. The van der Waals surface area contributed by atoms with Crippen molar-refractivity contribution in [2.45, 2.75) is 26.4 Å².